The van der Waals surface area contributed by atoms with E-state index in [-0.39, 0.29) is 10.7 Å². The number of nitrogens with two attached hydrogens (primary N) is 1. The third kappa shape index (κ3) is 6.06. The van der Waals surface area contributed by atoms with Crippen molar-refractivity contribution in [2.45, 2.75) is 6.18 Å². The third-order valence-corrected chi connectivity index (χ3v) is 4.40. The fourth-order valence-electron chi connectivity index (χ4n) is 2.47. The third-order valence-electron chi connectivity index (χ3n) is 3.86. The van der Waals surface area contributed by atoms with Crippen molar-refractivity contribution < 1.29 is 22.7 Å². The highest BCUT2D eigenvalue weighted by Crippen LogP contribution is 2.36. The number of nitrogens with zero attached hydrogens (tertiary/aromatic N) is 1. The van der Waals surface area contributed by atoms with Crippen LogP contribution in [-0.2, 0) is 6.18 Å². The van der Waals surface area contributed by atoms with Crippen LogP contribution in [0.2, 0.25) is 5.02 Å². The highest BCUT2D eigenvalue weighted by Gasteiger charge is 2.33. The predicted octanol–water partition coefficient (Wildman–Crippen LogP) is 5.82. The van der Waals surface area contributed by atoms with Gasteiger partial charge in [0.25, 0.3) is 0 Å². The van der Waals surface area contributed by atoms with Crippen molar-refractivity contribution >= 4 is 46.2 Å². The van der Waals surface area contributed by atoms with Crippen molar-refractivity contribution in [3.8, 4) is 11.5 Å². The normalized spacial score (nSPS) is 11.0. The molecular weight excluding hydrogens is 453 g/mol. The molecule has 0 saturated heterocycles. The van der Waals surface area contributed by atoms with Gasteiger partial charge in [0.2, 0.25) is 0 Å². The maximum Gasteiger partial charge on any atom is 0.417 e. The summed E-state index contributed by atoms with van der Waals surface area (Å²) in [5.74, 6) is 0.943. The number of hydrogen-bond donors (Lipinski definition) is 3. The molecule has 31 heavy (non-hydrogen) atoms. The van der Waals surface area contributed by atoms with E-state index in [4.69, 9.17) is 34.3 Å². The van der Waals surface area contributed by atoms with Crippen molar-refractivity contribution in [1.29, 1.82) is 0 Å². The van der Waals surface area contributed by atoms with E-state index in [0.29, 0.717) is 22.9 Å². The summed E-state index contributed by atoms with van der Waals surface area (Å²) in [7, 11) is 0. The summed E-state index contributed by atoms with van der Waals surface area (Å²) in [5, 5.41) is 4.39. The first-order valence-electron chi connectivity index (χ1n) is 8.60. The second-order valence-corrected chi connectivity index (χ2v) is 6.99. The Morgan fingerprint density at radius 2 is 1.65 bits per heavy atom. The van der Waals surface area contributed by atoms with Crippen LogP contribution in [0.25, 0.3) is 0 Å². The number of carbonyl (C=O) groups is 1. The number of ether oxygens (including phenoxy) is 1. The maximum atomic E-state index is 12.9. The highest BCUT2D eigenvalue weighted by molar-refractivity contribution is 7.80. The zero-order valence-electron chi connectivity index (χ0n) is 15.5. The molecule has 2 amide bonds. The largest absolute Gasteiger partial charge is 0.457 e. The Morgan fingerprint density at radius 1 is 1.00 bits per heavy atom. The number of aromatic nitrogens is 1. The lowest BCUT2D eigenvalue weighted by atomic mass is 10.2. The number of benzene rings is 2. The SMILES string of the molecule is NC(=S)c1cc(Oc2ccc(NC(=O)Nc3ccc(Cl)c(C(F)(F)F)c3)cc2)ccn1. The number of urea groups is 1. The van der Waals surface area contributed by atoms with Crippen LogP contribution in [0.4, 0.5) is 29.3 Å². The molecule has 0 aliphatic rings. The number of alkyl halides is 3. The van der Waals surface area contributed by atoms with E-state index < -0.39 is 22.8 Å². The molecule has 0 aliphatic heterocycles. The standard InChI is InChI=1S/C20H14ClF3N4O2S/c21-16-6-3-12(9-15(16)20(22,23)24)28-19(29)27-11-1-4-13(5-2-11)30-14-7-8-26-17(10-14)18(25)31/h1-10H,(H2,25,31)(H2,27,28,29). The number of anilines is 2. The van der Waals surface area contributed by atoms with Crippen LogP contribution in [0.15, 0.2) is 60.8 Å². The molecule has 160 valence electrons. The summed E-state index contributed by atoms with van der Waals surface area (Å²) in [4.78, 5) is 16.3. The topological polar surface area (TPSA) is 89.3 Å². The Labute approximate surface area is 185 Å². The Morgan fingerprint density at radius 3 is 2.29 bits per heavy atom. The lowest BCUT2D eigenvalue weighted by Gasteiger charge is -2.12. The van der Waals surface area contributed by atoms with E-state index in [1.54, 1.807) is 36.4 Å². The molecule has 2 aromatic carbocycles. The number of pyridine rings is 1. The molecule has 1 heterocycles. The minimum atomic E-state index is -4.63. The maximum absolute atomic E-state index is 12.9. The molecule has 1 aromatic heterocycles. The van der Waals surface area contributed by atoms with Gasteiger partial charge in [0.05, 0.1) is 10.6 Å². The van der Waals surface area contributed by atoms with Gasteiger partial charge in [-0.15, -0.1) is 0 Å². The number of halogens is 4. The molecule has 0 atom stereocenters. The van der Waals surface area contributed by atoms with Gasteiger partial charge in [0, 0.05) is 23.6 Å². The molecule has 0 aliphatic carbocycles. The number of thiocarbonyl (C=S) groups is 1. The van der Waals surface area contributed by atoms with Gasteiger partial charge in [-0.1, -0.05) is 23.8 Å². The molecule has 0 radical (unpaired) electrons. The fourth-order valence-corrected chi connectivity index (χ4v) is 2.80. The Kier molecular flexibility index (Phi) is 6.62. The van der Waals surface area contributed by atoms with Gasteiger partial charge >= 0.3 is 12.2 Å². The van der Waals surface area contributed by atoms with Gasteiger partial charge in [-0.2, -0.15) is 13.2 Å². The number of carbonyl (C=O) groups excluding carboxylic acids is 1. The summed E-state index contributed by atoms with van der Waals surface area (Å²) < 4.78 is 44.5. The molecule has 0 saturated carbocycles. The van der Waals surface area contributed by atoms with Crippen LogP contribution in [0, 0.1) is 0 Å². The number of hydrogen-bond acceptors (Lipinski definition) is 4. The predicted molar refractivity (Wildman–Crippen MR) is 116 cm³/mol. The summed E-state index contributed by atoms with van der Waals surface area (Å²) in [5.41, 5.74) is 5.26. The minimum Gasteiger partial charge on any atom is -0.457 e. The second kappa shape index (κ2) is 9.19. The van der Waals surface area contributed by atoms with Gasteiger partial charge in [-0.25, -0.2) is 4.79 Å². The summed E-state index contributed by atoms with van der Waals surface area (Å²) in [6.45, 7) is 0. The van der Waals surface area contributed by atoms with Crippen LogP contribution >= 0.6 is 23.8 Å². The number of rotatable bonds is 5. The van der Waals surface area contributed by atoms with Gasteiger partial charge in [-0.05, 0) is 48.5 Å². The molecule has 4 N–H and O–H groups in total. The van der Waals surface area contributed by atoms with Gasteiger partial charge in [0.1, 0.15) is 22.2 Å². The van der Waals surface area contributed by atoms with Crippen LogP contribution in [0.5, 0.6) is 11.5 Å². The first kappa shape index (κ1) is 22.3. The van der Waals surface area contributed by atoms with Crippen LogP contribution < -0.4 is 21.1 Å². The molecule has 0 fully saturated rings. The van der Waals surface area contributed by atoms with Gasteiger partial charge in [-0.3, -0.25) is 4.98 Å². The van der Waals surface area contributed by atoms with Crippen molar-refractivity contribution in [2.24, 2.45) is 5.73 Å². The summed E-state index contributed by atoms with van der Waals surface area (Å²) in [6, 6.07) is 11.9. The highest BCUT2D eigenvalue weighted by atomic mass is 35.5. The van der Waals surface area contributed by atoms with Crippen LogP contribution in [-0.4, -0.2) is 16.0 Å². The monoisotopic (exact) mass is 466 g/mol. The smallest absolute Gasteiger partial charge is 0.417 e. The summed E-state index contributed by atoms with van der Waals surface area (Å²) >= 11 is 10.4. The lowest BCUT2D eigenvalue weighted by Crippen LogP contribution is -2.19. The van der Waals surface area contributed by atoms with E-state index in [1.165, 1.54) is 12.3 Å². The van der Waals surface area contributed by atoms with Gasteiger partial charge in [0.15, 0.2) is 0 Å². The lowest BCUT2D eigenvalue weighted by molar-refractivity contribution is -0.137. The molecule has 11 heteroatoms. The Hall–Kier alpha value is -3.37. The molecule has 0 spiro atoms. The Bertz CT molecular complexity index is 1120. The zero-order valence-corrected chi connectivity index (χ0v) is 17.1. The van der Waals surface area contributed by atoms with Crippen molar-refractivity contribution in [3.63, 3.8) is 0 Å². The Balaban J connectivity index is 1.63. The van der Waals surface area contributed by atoms with Crippen LogP contribution in [0.1, 0.15) is 11.3 Å². The molecule has 3 rings (SSSR count). The average Bonchev–Trinajstić information content (AvgIpc) is 2.70. The van der Waals surface area contributed by atoms with E-state index in [2.05, 4.69) is 15.6 Å². The van der Waals surface area contributed by atoms with Crippen molar-refractivity contribution in [2.75, 3.05) is 10.6 Å². The fraction of sp³-hybridized carbons (Fsp3) is 0.0500. The molecule has 6 nitrogen and oxygen atoms in total. The van der Waals surface area contributed by atoms with Crippen LogP contribution in [0.3, 0.4) is 0 Å². The number of amides is 2. The van der Waals surface area contributed by atoms with E-state index >= 15 is 0 Å². The number of nitrogens with one attached hydrogen (secondary N) is 2. The van der Waals surface area contributed by atoms with Crippen molar-refractivity contribution in [3.05, 3.63) is 77.1 Å². The first-order valence-corrected chi connectivity index (χ1v) is 9.39. The molecule has 0 unspecified atom stereocenters. The quantitative estimate of drug-likeness (QED) is 0.412. The van der Waals surface area contributed by atoms with E-state index in [0.717, 1.165) is 12.1 Å². The summed E-state index contributed by atoms with van der Waals surface area (Å²) in [6.07, 6.45) is -3.13. The van der Waals surface area contributed by atoms with Gasteiger partial charge < -0.3 is 21.1 Å². The van der Waals surface area contributed by atoms with Crippen molar-refractivity contribution in [1.82, 2.24) is 4.98 Å². The first-order chi connectivity index (χ1) is 14.6. The van der Waals surface area contributed by atoms with E-state index in [9.17, 15) is 18.0 Å². The average molecular weight is 467 g/mol. The second-order valence-electron chi connectivity index (χ2n) is 6.14. The molecular formula is C20H14ClF3N4O2S. The molecule has 0 bridgehead atoms. The van der Waals surface area contributed by atoms with E-state index in [1.807, 2.05) is 0 Å². The molecule has 3 aromatic rings. The minimum absolute atomic E-state index is 0.0551. The zero-order chi connectivity index (χ0) is 22.6.